The lowest BCUT2D eigenvalue weighted by Gasteiger charge is -2.26. The molecule has 1 heterocycles. The van der Waals surface area contributed by atoms with Crippen molar-refractivity contribution in [1.29, 1.82) is 0 Å². The van der Waals surface area contributed by atoms with E-state index in [1.54, 1.807) is 6.92 Å². The largest absolute Gasteiger partial charge is 0.343 e. The Morgan fingerprint density at radius 2 is 1.88 bits per heavy atom. The molecule has 3 rings (SSSR count). The van der Waals surface area contributed by atoms with Crippen LogP contribution in [0.25, 0.3) is 0 Å². The molecule has 0 aromatic heterocycles. The first-order valence-corrected chi connectivity index (χ1v) is 8.51. The average molecular weight is 337 g/mol. The van der Waals surface area contributed by atoms with Gasteiger partial charge < -0.3 is 16.0 Å². The quantitative estimate of drug-likeness (QED) is 0.801. The first-order valence-electron chi connectivity index (χ1n) is 8.51. The fourth-order valence-corrected chi connectivity index (χ4v) is 2.99. The smallest absolute Gasteiger partial charge is 0.246 e. The molecule has 0 unspecified atom stereocenters. The molecule has 25 heavy (non-hydrogen) atoms. The maximum absolute atomic E-state index is 12.5. The van der Waals surface area contributed by atoms with Crippen molar-refractivity contribution < 1.29 is 9.59 Å². The van der Waals surface area contributed by atoms with Crippen molar-refractivity contribution in [3.8, 4) is 0 Å². The molecule has 2 aromatic rings. The summed E-state index contributed by atoms with van der Waals surface area (Å²) in [6.07, 6.45) is 0.633. The molecule has 2 atom stereocenters. The molecule has 0 aliphatic carbocycles. The summed E-state index contributed by atoms with van der Waals surface area (Å²) in [5.41, 5.74) is 4.20. The topological polar surface area (TPSA) is 70.2 Å². The number of amides is 2. The van der Waals surface area contributed by atoms with Crippen LogP contribution in [0, 0.1) is 6.92 Å². The predicted octanol–water partition coefficient (Wildman–Crippen LogP) is 2.15. The summed E-state index contributed by atoms with van der Waals surface area (Å²) in [7, 11) is 0. The summed E-state index contributed by atoms with van der Waals surface area (Å²) >= 11 is 0. The van der Waals surface area contributed by atoms with Crippen LogP contribution in [0.2, 0.25) is 0 Å². The number of aryl methyl sites for hydroxylation is 1. The molecule has 5 nitrogen and oxygen atoms in total. The van der Waals surface area contributed by atoms with Gasteiger partial charge in [0.15, 0.2) is 0 Å². The second kappa shape index (κ2) is 7.49. The zero-order chi connectivity index (χ0) is 17.8. The van der Waals surface area contributed by atoms with E-state index in [9.17, 15) is 9.59 Å². The Labute approximate surface area is 147 Å². The number of nitrogens with one attached hydrogen (secondary N) is 3. The Morgan fingerprint density at radius 1 is 1.12 bits per heavy atom. The van der Waals surface area contributed by atoms with Crippen molar-refractivity contribution in [2.45, 2.75) is 38.9 Å². The van der Waals surface area contributed by atoms with Crippen molar-refractivity contribution in [1.82, 2.24) is 10.6 Å². The maximum Gasteiger partial charge on any atom is 0.246 e. The lowest BCUT2D eigenvalue weighted by molar-refractivity contribution is -0.127. The van der Waals surface area contributed by atoms with Gasteiger partial charge in [0.05, 0.1) is 6.04 Å². The van der Waals surface area contributed by atoms with Crippen LogP contribution in [0.15, 0.2) is 48.5 Å². The summed E-state index contributed by atoms with van der Waals surface area (Å²) in [4.78, 5) is 24.8. The Kier molecular flexibility index (Phi) is 5.14. The molecule has 0 saturated carbocycles. The van der Waals surface area contributed by atoms with Crippen LogP contribution < -0.4 is 16.0 Å². The molecular formula is C20H23N3O2. The van der Waals surface area contributed by atoms with Gasteiger partial charge >= 0.3 is 0 Å². The number of rotatable bonds is 4. The van der Waals surface area contributed by atoms with Crippen molar-refractivity contribution >= 4 is 17.5 Å². The highest BCUT2D eigenvalue weighted by atomic mass is 16.2. The average Bonchev–Trinajstić information content (AvgIpc) is 2.61. The Bertz CT molecular complexity index is 788. The minimum Gasteiger partial charge on any atom is -0.343 e. The van der Waals surface area contributed by atoms with Gasteiger partial charge in [0.2, 0.25) is 11.8 Å². The summed E-state index contributed by atoms with van der Waals surface area (Å²) < 4.78 is 0. The third-order valence-electron chi connectivity index (χ3n) is 4.44. The van der Waals surface area contributed by atoms with E-state index in [4.69, 9.17) is 0 Å². The molecule has 0 saturated heterocycles. The lowest BCUT2D eigenvalue weighted by atomic mass is 9.95. The van der Waals surface area contributed by atoms with Gasteiger partial charge in [-0.15, -0.1) is 0 Å². The zero-order valence-electron chi connectivity index (χ0n) is 14.5. The van der Waals surface area contributed by atoms with Crippen LogP contribution in [0.5, 0.6) is 0 Å². The highest BCUT2D eigenvalue weighted by Gasteiger charge is 2.26. The maximum atomic E-state index is 12.5. The molecule has 3 N–H and O–H groups in total. The Morgan fingerprint density at radius 3 is 2.64 bits per heavy atom. The molecule has 0 bridgehead atoms. The van der Waals surface area contributed by atoms with Gasteiger partial charge in [0, 0.05) is 12.2 Å². The standard InChI is InChI=1S/C20H23N3O2/c1-13-6-5-9-17(10-13)23-19(24)14(2)22-20(25)18-11-15-7-3-4-8-16(15)12-21-18/h3-10,14,18,21H,11-12H2,1-2H3,(H,22,25)(H,23,24)/t14-,18+/m1/s1. The van der Waals surface area contributed by atoms with Crippen LogP contribution in [0.3, 0.4) is 0 Å². The molecule has 2 amide bonds. The second-order valence-electron chi connectivity index (χ2n) is 6.50. The van der Waals surface area contributed by atoms with Crippen LogP contribution in [0.4, 0.5) is 5.69 Å². The van der Waals surface area contributed by atoms with E-state index in [-0.39, 0.29) is 17.9 Å². The van der Waals surface area contributed by atoms with Crippen molar-refractivity contribution in [3.63, 3.8) is 0 Å². The van der Waals surface area contributed by atoms with Crippen molar-refractivity contribution in [2.24, 2.45) is 0 Å². The number of fused-ring (bicyclic) bond motifs is 1. The zero-order valence-corrected chi connectivity index (χ0v) is 14.5. The highest BCUT2D eigenvalue weighted by Crippen LogP contribution is 2.16. The van der Waals surface area contributed by atoms with Gasteiger partial charge in [-0.25, -0.2) is 0 Å². The fraction of sp³-hybridized carbons (Fsp3) is 0.300. The first kappa shape index (κ1) is 17.2. The minimum absolute atomic E-state index is 0.151. The van der Waals surface area contributed by atoms with Gasteiger partial charge in [0.1, 0.15) is 6.04 Å². The highest BCUT2D eigenvalue weighted by molar-refractivity contribution is 5.97. The van der Waals surface area contributed by atoms with Gasteiger partial charge in [0.25, 0.3) is 0 Å². The lowest BCUT2D eigenvalue weighted by Crippen LogP contribution is -2.52. The van der Waals surface area contributed by atoms with E-state index in [2.05, 4.69) is 22.0 Å². The van der Waals surface area contributed by atoms with E-state index in [1.807, 2.05) is 49.4 Å². The minimum atomic E-state index is -0.605. The van der Waals surface area contributed by atoms with Crippen LogP contribution in [-0.2, 0) is 22.6 Å². The van der Waals surface area contributed by atoms with Crippen LogP contribution in [0.1, 0.15) is 23.6 Å². The van der Waals surface area contributed by atoms with Gasteiger partial charge in [-0.3, -0.25) is 9.59 Å². The van der Waals surface area contributed by atoms with E-state index in [1.165, 1.54) is 11.1 Å². The number of hydrogen-bond donors (Lipinski definition) is 3. The summed E-state index contributed by atoms with van der Waals surface area (Å²) in [5, 5.41) is 8.87. The number of hydrogen-bond acceptors (Lipinski definition) is 3. The molecule has 0 fully saturated rings. The molecule has 2 aromatic carbocycles. The third-order valence-corrected chi connectivity index (χ3v) is 4.44. The molecular weight excluding hydrogens is 314 g/mol. The molecule has 1 aliphatic rings. The third kappa shape index (κ3) is 4.25. The fourth-order valence-electron chi connectivity index (χ4n) is 2.99. The van der Waals surface area contributed by atoms with Crippen molar-refractivity contribution in [2.75, 3.05) is 5.32 Å². The molecule has 5 heteroatoms. The summed E-state index contributed by atoms with van der Waals surface area (Å²) in [6.45, 7) is 4.32. The van der Waals surface area contributed by atoms with Gasteiger partial charge in [-0.2, -0.15) is 0 Å². The monoisotopic (exact) mass is 337 g/mol. The number of carbonyl (C=O) groups is 2. The van der Waals surface area contributed by atoms with E-state index in [0.717, 1.165) is 11.3 Å². The number of anilines is 1. The SMILES string of the molecule is Cc1cccc(NC(=O)[C@@H](C)NC(=O)[C@@H]2Cc3ccccc3CN2)c1. The molecule has 0 radical (unpaired) electrons. The molecule has 0 spiro atoms. The second-order valence-corrected chi connectivity index (χ2v) is 6.50. The van der Waals surface area contributed by atoms with Crippen molar-refractivity contribution in [3.05, 3.63) is 65.2 Å². The number of benzene rings is 2. The van der Waals surface area contributed by atoms with E-state index >= 15 is 0 Å². The van der Waals surface area contributed by atoms with Crippen LogP contribution in [-0.4, -0.2) is 23.9 Å². The number of carbonyl (C=O) groups excluding carboxylic acids is 2. The Balaban J connectivity index is 1.56. The van der Waals surface area contributed by atoms with Gasteiger partial charge in [-0.05, 0) is 49.1 Å². The first-order chi connectivity index (χ1) is 12.0. The predicted molar refractivity (Wildman–Crippen MR) is 98.2 cm³/mol. The summed E-state index contributed by atoms with van der Waals surface area (Å²) in [6, 6.07) is 14.8. The van der Waals surface area contributed by atoms with E-state index < -0.39 is 6.04 Å². The molecule has 130 valence electrons. The van der Waals surface area contributed by atoms with E-state index in [0.29, 0.717) is 13.0 Å². The Hall–Kier alpha value is -2.66. The van der Waals surface area contributed by atoms with Crippen LogP contribution >= 0.6 is 0 Å². The molecule has 1 aliphatic heterocycles. The normalized spacial score (nSPS) is 17.3. The summed E-state index contributed by atoms with van der Waals surface area (Å²) in [5.74, 6) is -0.378. The van der Waals surface area contributed by atoms with Gasteiger partial charge in [-0.1, -0.05) is 36.4 Å².